The third-order valence-corrected chi connectivity index (χ3v) is 5.06. The van der Waals surface area contributed by atoms with E-state index in [9.17, 15) is 39.6 Å². The summed E-state index contributed by atoms with van der Waals surface area (Å²) in [7, 11) is 0. The highest BCUT2D eigenvalue weighted by Crippen LogP contribution is 2.38. The zero-order chi connectivity index (χ0) is 21.3. The van der Waals surface area contributed by atoms with Crippen LogP contribution in [0.25, 0.3) is 21.6 Å². The number of carboxylic acid groups (broad SMARTS) is 4. The molecule has 0 radical (unpaired) electrons. The van der Waals surface area contributed by atoms with Gasteiger partial charge in [0.25, 0.3) is 0 Å². The molecule has 9 heteroatoms. The Bertz CT molecular complexity index is 1020. The molecule has 3 rings (SSSR count). The molecule has 0 atom stereocenters. The van der Waals surface area contributed by atoms with Gasteiger partial charge in [-0.25, -0.2) is 19.2 Å². The highest BCUT2D eigenvalue weighted by atomic mass is 32.1. The lowest BCUT2D eigenvalue weighted by Crippen LogP contribution is -2.03. The molecule has 0 saturated heterocycles. The highest BCUT2D eigenvalue weighted by Gasteiger charge is 2.18. The number of rotatable bonds is 6. The maximum absolute atomic E-state index is 11.4. The third-order valence-electron chi connectivity index (χ3n) is 4.09. The van der Waals surface area contributed by atoms with Crippen LogP contribution in [0.2, 0.25) is 0 Å². The van der Waals surface area contributed by atoms with Crippen LogP contribution in [0.4, 0.5) is 0 Å². The van der Waals surface area contributed by atoms with Crippen LogP contribution >= 0.6 is 11.3 Å². The number of hydrogen-bond donors (Lipinski definition) is 4. The van der Waals surface area contributed by atoms with E-state index in [0.29, 0.717) is 21.6 Å². The lowest BCUT2D eigenvalue weighted by Gasteiger charge is -2.09. The summed E-state index contributed by atoms with van der Waals surface area (Å²) in [4.78, 5) is 46.0. The van der Waals surface area contributed by atoms with Crippen LogP contribution in [0.5, 0.6) is 0 Å². The van der Waals surface area contributed by atoms with Gasteiger partial charge in [-0.05, 0) is 59.0 Å². The first-order chi connectivity index (χ1) is 13.7. The predicted octanol–water partition coefficient (Wildman–Crippen LogP) is 3.87. The highest BCUT2D eigenvalue weighted by molar-refractivity contribution is 7.14. The fraction of sp³-hybridized carbons (Fsp3) is 0. The molecule has 0 aliphatic rings. The van der Waals surface area contributed by atoms with Crippen molar-refractivity contribution in [2.24, 2.45) is 0 Å². The summed E-state index contributed by atoms with van der Waals surface area (Å²) in [6, 6.07) is 8.93. The Balaban J connectivity index is 2.24. The summed E-state index contributed by atoms with van der Waals surface area (Å²) < 4.78 is 0. The second-order valence-electron chi connectivity index (χ2n) is 5.98. The Morgan fingerprint density at radius 2 is 0.966 bits per heavy atom. The van der Waals surface area contributed by atoms with Crippen LogP contribution in [-0.2, 0) is 0 Å². The lowest BCUT2D eigenvalue weighted by molar-refractivity contribution is 0.0676. The topological polar surface area (TPSA) is 149 Å². The van der Waals surface area contributed by atoms with E-state index in [1.807, 2.05) is 0 Å². The van der Waals surface area contributed by atoms with Crippen molar-refractivity contribution in [3.8, 4) is 21.6 Å². The van der Waals surface area contributed by atoms with Gasteiger partial charge in [-0.15, -0.1) is 11.3 Å². The molecule has 0 aliphatic carbocycles. The number of hydrogen-bond acceptors (Lipinski definition) is 5. The normalized spacial score (nSPS) is 10.5. The summed E-state index contributed by atoms with van der Waals surface area (Å²) in [5, 5.41) is 38.8. The fourth-order valence-electron chi connectivity index (χ4n) is 2.80. The van der Waals surface area contributed by atoms with Gasteiger partial charge in [0.15, 0.2) is 0 Å². The number of thiophene rings is 1. The molecule has 29 heavy (non-hydrogen) atoms. The number of aromatic carboxylic acids is 4. The molecule has 3 aromatic rings. The lowest BCUT2D eigenvalue weighted by atomic mass is 9.96. The van der Waals surface area contributed by atoms with Gasteiger partial charge in [0, 0.05) is 10.4 Å². The predicted molar refractivity (Wildman–Crippen MR) is 103 cm³/mol. The van der Waals surface area contributed by atoms with Crippen LogP contribution in [0.1, 0.15) is 41.4 Å². The molecule has 146 valence electrons. The number of carbonyl (C=O) groups is 4. The molecular weight excluding hydrogens is 400 g/mol. The van der Waals surface area contributed by atoms with Crippen LogP contribution in [0, 0.1) is 0 Å². The largest absolute Gasteiger partial charge is 0.478 e. The van der Waals surface area contributed by atoms with Crippen molar-refractivity contribution in [1.29, 1.82) is 0 Å². The smallest absolute Gasteiger partial charge is 0.335 e. The quantitative estimate of drug-likeness (QED) is 0.476. The molecule has 0 unspecified atom stereocenters. The van der Waals surface area contributed by atoms with Gasteiger partial charge in [-0.2, -0.15) is 0 Å². The Labute approximate surface area is 166 Å². The molecule has 4 N–H and O–H groups in total. The van der Waals surface area contributed by atoms with E-state index in [0.717, 1.165) is 12.1 Å². The van der Waals surface area contributed by atoms with Crippen molar-refractivity contribution in [3.05, 3.63) is 70.1 Å². The van der Waals surface area contributed by atoms with E-state index in [2.05, 4.69) is 0 Å². The van der Waals surface area contributed by atoms with Crippen LogP contribution in [-0.4, -0.2) is 44.3 Å². The van der Waals surface area contributed by atoms with E-state index in [-0.39, 0.29) is 22.3 Å². The van der Waals surface area contributed by atoms with Crippen LogP contribution in [0.3, 0.4) is 0 Å². The second kappa shape index (κ2) is 7.56. The first kappa shape index (κ1) is 19.8. The van der Waals surface area contributed by atoms with Gasteiger partial charge in [-0.1, -0.05) is 0 Å². The van der Waals surface area contributed by atoms with Crippen molar-refractivity contribution < 1.29 is 39.6 Å². The van der Waals surface area contributed by atoms with E-state index in [4.69, 9.17) is 0 Å². The van der Waals surface area contributed by atoms with E-state index in [1.54, 1.807) is 11.4 Å². The van der Waals surface area contributed by atoms with E-state index >= 15 is 0 Å². The summed E-state index contributed by atoms with van der Waals surface area (Å²) >= 11 is 1.19. The van der Waals surface area contributed by atoms with E-state index in [1.165, 1.54) is 35.6 Å². The zero-order valence-corrected chi connectivity index (χ0v) is 15.3. The number of benzene rings is 2. The molecule has 2 aromatic carbocycles. The molecule has 0 aliphatic heterocycles. The molecule has 0 fully saturated rings. The van der Waals surface area contributed by atoms with Gasteiger partial charge in [0.2, 0.25) is 0 Å². The minimum atomic E-state index is -1.30. The van der Waals surface area contributed by atoms with Crippen LogP contribution in [0.15, 0.2) is 47.8 Å². The first-order valence-corrected chi connectivity index (χ1v) is 8.87. The monoisotopic (exact) mass is 412 g/mol. The van der Waals surface area contributed by atoms with Gasteiger partial charge >= 0.3 is 23.9 Å². The average molecular weight is 412 g/mol. The first-order valence-electron chi connectivity index (χ1n) is 7.99. The summed E-state index contributed by atoms with van der Waals surface area (Å²) in [6.07, 6.45) is 0. The fourth-order valence-corrected chi connectivity index (χ4v) is 3.70. The minimum Gasteiger partial charge on any atom is -0.478 e. The van der Waals surface area contributed by atoms with Gasteiger partial charge < -0.3 is 20.4 Å². The maximum Gasteiger partial charge on any atom is 0.335 e. The molecule has 1 heterocycles. The molecule has 0 saturated carbocycles. The van der Waals surface area contributed by atoms with Crippen molar-refractivity contribution in [1.82, 2.24) is 0 Å². The number of carboxylic acids is 4. The van der Waals surface area contributed by atoms with Gasteiger partial charge in [0.05, 0.1) is 22.3 Å². The standard InChI is InChI=1S/C20H12O8S/c21-17(22)11-3-9(4-12(7-11)18(23)24)15-1-2-29-16(15)10-5-13(19(25)26)8-14(6-10)20(27)28/h1-8H,(H,21,22)(H,23,24)(H,25,26)(H,27,28). The van der Waals surface area contributed by atoms with Crippen molar-refractivity contribution in [2.45, 2.75) is 0 Å². The Hall–Kier alpha value is -3.98. The second-order valence-corrected chi connectivity index (χ2v) is 6.90. The maximum atomic E-state index is 11.4. The SMILES string of the molecule is O=C(O)c1cc(C(=O)O)cc(-c2ccsc2-c2cc(C(=O)O)cc(C(=O)O)c2)c1. The molecule has 0 spiro atoms. The molecular formula is C20H12O8S. The van der Waals surface area contributed by atoms with Crippen molar-refractivity contribution >= 4 is 35.2 Å². The Morgan fingerprint density at radius 1 is 0.586 bits per heavy atom. The third kappa shape index (κ3) is 3.99. The molecule has 8 nitrogen and oxygen atoms in total. The van der Waals surface area contributed by atoms with Crippen molar-refractivity contribution in [3.63, 3.8) is 0 Å². The Morgan fingerprint density at radius 3 is 1.34 bits per heavy atom. The minimum absolute atomic E-state index is 0.218. The summed E-state index contributed by atoms with van der Waals surface area (Å²) in [5.41, 5.74) is 0.195. The molecule has 1 aromatic heterocycles. The Kier molecular flexibility index (Phi) is 5.16. The molecule has 0 amide bonds. The van der Waals surface area contributed by atoms with Crippen molar-refractivity contribution in [2.75, 3.05) is 0 Å². The molecule has 0 bridgehead atoms. The zero-order valence-electron chi connectivity index (χ0n) is 14.4. The summed E-state index contributed by atoms with van der Waals surface area (Å²) in [5.74, 6) is -5.19. The van der Waals surface area contributed by atoms with Gasteiger partial charge in [0.1, 0.15) is 0 Å². The summed E-state index contributed by atoms with van der Waals surface area (Å²) in [6.45, 7) is 0. The van der Waals surface area contributed by atoms with E-state index < -0.39 is 23.9 Å². The average Bonchev–Trinajstić information content (AvgIpc) is 3.17. The van der Waals surface area contributed by atoms with Gasteiger partial charge in [-0.3, -0.25) is 0 Å². The van der Waals surface area contributed by atoms with Crippen LogP contribution < -0.4 is 0 Å².